The van der Waals surface area contributed by atoms with Gasteiger partial charge in [-0.1, -0.05) is 19.9 Å². The summed E-state index contributed by atoms with van der Waals surface area (Å²) in [6, 6.07) is 7.13. The third-order valence-corrected chi connectivity index (χ3v) is 3.24. The maximum absolute atomic E-state index is 12.2. The monoisotopic (exact) mass is 289 g/mol. The van der Waals surface area contributed by atoms with Crippen molar-refractivity contribution in [2.45, 2.75) is 26.7 Å². The van der Waals surface area contributed by atoms with Crippen LogP contribution in [0, 0.1) is 23.2 Å². The fraction of sp³-hybridized carbons (Fsp3) is 0.500. The van der Waals surface area contributed by atoms with E-state index in [0.717, 1.165) is 6.42 Å². The quantitative estimate of drug-likeness (QED) is 0.807. The molecule has 21 heavy (non-hydrogen) atoms. The van der Waals surface area contributed by atoms with Crippen LogP contribution >= 0.6 is 0 Å². The van der Waals surface area contributed by atoms with Gasteiger partial charge in [0.2, 0.25) is 5.91 Å². The lowest BCUT2D eigenvalue weighted by molar-refractivity contribution is -0.117. The first-order chi connectivity index (χ1) is 10.0. The van der Waals surface area contributed by atoms with Crippen LogP contribution in [-0.4, -0.2) is 19.6 Å². The highest BCUT2D eigenvalue weighted by molar-refractivity contribution is 5.94. The number of ether oxygens (including phenoxy) is 1. The molecule has 0 fully saturated rings. The topological polar surface area (TPSA) is 88.1 Å². The molecule has 1 aromatic rings. The highest BCUT2D eigenvalue weighted by Crippen LogP contribution is 2.28. The Labute approximate surface area is 126 Å². The Morgan fingerprint density at radius 1 is 1.48 bits per heavy atom. The summed E-state index contributed by atoms with van der Waals surface area (Å²) in [6.45, 7) is 4.69. The van der Waals surface area contributed by atoms with E-state index in [1.54, 1.807) is 18.2 Å². The van der Waals surface area contributed by atoms with Crippen molar-refractivity contribution in [3.05, 3.63) is 23.8 Å². The van der Waals surface area contributed by atoms with E-state index in [9.17, 15) is 4.79 Å². The molecule has 5 nitrogen and oxygen atoms in total. The van der Waals surface area contributed by atoms with E-state index in [4.69, 9.17) is 15.7 Å². The minimum absolute atomic E-state index is 0.144. The molecule has 1 atom stereocenters. The molecule has 0 aliphatic heterocycles. The smallest absolute Gasteiger partial charge is 0.224 e. The van der Waals surface area contributed by atoms with Crippen LogP contribution in [0.5, 0.6) is 5.75 Å². The molecule has 0 unspecified atom stereocenters. The number of rotatable bonds is 7. The average molecular weight is 289 g/mol. The molecule has 3 N–H and O–H groups in total. The molecular weight excluding hydrogens is 266 g/mol. The standard InChI is InChI=1S/C16H23N3O2/c1-11(2)7-12(9-17)8-15(20)19-16-13(10-18)5-4-6-14(16)21-3/h4-6,11-12H,7-9,17H2,1-3H3,(H,19,20)/t12-/m0/s1. The second-order valence-corrected chi connectivity index (χ2v) is 5.48. The first kappa shape index (κ1) is 17.0. The van der Waals surface area contributed by atoms with Crippen LogP contribution in [0.3, 0.4) is 0 Å². The normalized spacial score (nSPS) is 11.8. The fourth-order valence-corrected chi connectivity index (χ4v) is 2.31. The summed E-state index contributed by atoms with van der Waals surface area (Å²) in [5.41, 5.74) is 6.53. The van der Waals surface area contributed by atoms with E-state index in [-0.39, 0.29) is 11.8 Å². The molecule has 0 aromatic heterocycles. The van der Waals surface area contributed by atoms with E-state index < -0.39 is 0 Å². The summed E-state index contributed by atoms with van der Waals surface area (Å²) < 4.78 is 5.19. The lowest BCUT2D eigenvalue weighted by Gasteiger charge is -2.17. The molecule has 114 valence electrons. The molecule has 0 aliphatic carbocycles. The number of nitrogens with one attached hydrogen (secondary N) is 1. The van der Waals surface area contributed by atoms with Crippen LogP contribution in [0.25, 0.3) is 0 Å². The number of para-hydroxylation sites is 1. The van der Waals surface area contributed by atoms with E-state index in [0.29, 0.717) is 35.9 Å². The zero-order valence-electron chi connectivity index (χ0n) is 12.8. The largest absolute Gasteiger partial charge is 0.495 e. The summed E-state index contributed by atoms with van der Waals surface area (Å²) in [4.78, 5) is 12.2. The number of carbonyl (C=O) groups excluding carboxylic acids is 1. The minimum atomic E-state index is -0.146. The number of nitrogens with zero attached hydrogens (tertiary/aromatic N) is 1. The van der Waals surface area contributed by atoms with Crippen LogP contribution < -0.4 is 15.8 Å². The van der Waals surface area contributed by atoms with Gasteiger partial charge in [0.1, 0.15) is 17.5 Å². The Kier molecular flexibility index (Phi) is 6.70. The average Bonchev–Trinajstić information content (AvgIpc) is 2.46. The Morgan fingerprint density at radius 3 is 2.71 bits per heavy atom. The van der Waals surface area contributed by atoms with Gasteiger partial charge in [-0.25, -0.2) is 0 Å². The third kappa shape index (κ3) is 5.09. The molecule has 5 heteroatoms. The van der Waals surface area contributed by atoms with Gasteiger partial charge in [-0.05, 0) is 36.9 Å². The van der Waals surface area contributed by atoms with Gasteiger partial charge in [-0.3, -0.25) is 4.79 Å². The van der Waals surface area contributed by atoms with Crippen molar-refractivity contribution in [2.24, 2.45) is 17.6 Å². The number of anilines is 1. The lowest BCUT2D eigenvalue weighted by atomic mass is 9.94. The molecule has 0 saturated heterocycles. The number of nitrogens with two attached hydrogens (primary N) is 1. The number of carbonyl (C=O) groups is 1. The summed E-state index contributed by atoms with van der Waals surface area (Å²) in [5.74, 6) is 0.972. The van der Waals surface area contributed by atoms with Gasteiger partial charge in [0.05, 0.1) is 12.7 Å². The highest BCUT2D eigenvalue weighted by atomic mass is 16.5. The molecule has 0 radical (unpaired) electrons. The third-order valence-electron chi connectivity index (χ3n) is 3.24. The summed E-state index contributed by atoms with van der Waals surface area (Å²) in [5, 5.41) is 11.9. The van der Waals surface area contributed by atoms with Crippen molar-refractivity contribution in [1.29, 1.82) is 5.26 Å². The molecular formula is C16H23N3O2. The van der Waals surface area contributed by atoms with Crippen molar-refractivity contribution >= 4 is 11.6 Å². The van der Waals surface area contributed by atoms with Crippen LogP contribution in [0.1, 0.15) is 32.3 Å². The number of amides is 1. The molecule has 1 aromatic carbocycles. The lowest BCUT2D eigenvalue weighted by Crippen LogP contribution is -2.24. The first-order valence-corrected chi connectivity index (χ1v) is 7.08. The maximum atomic E-state index is 12.2. The zero-order chi connectivity index (χ0) is 15.8. The SMILES string of the molecule is COc1cccc(C#N)c1NC(=O)C[C@@H](CN)CC(C)C. The minimum Gasteiger partial charge on any atom is -0.495 e. The number of hydrogen-bond donors (Lipinski definition) is 2. The van der Waals surface area contributed by atoms with Crippen molar-refractivity contribution in [3.8, 4) is 11.8 Å². The van der Waals surface area contributed by atoms with Crippen molar-refractivity contribution in [1.82, 2.24) is 0 Å². The van der Waals surface area contributed by atoms with Gasteiger partial charge in [-0.2, -0.15) is 5.26 Å². The Balaban J connectivity index is 2.81. The number of hydrogen-bond acceptors (Lipinski definition) is 4. The highest BCUT2D eigenvalue weighted by Gasteiger charge is 2.17. The van der Waals surface area contributed by atoms with Crippen molar-refractivity contribution in [3.63, 3.8) is 0 Å². The van der Waals surface area contributed by atoms with Crippen molar-refractivity contribution in [2.75, 3.05) is 19.0 Å². The molecule has 1 amide bonds. The van der Waals surface area contributed by atoms with Crippen LogP contribution in [0.4, 0.5) is 5.69 Å². The van der Waals surface area contributed by atoms with Crippen LogP contribution in [0.2, 0.25) is 0 Å². The maximum Gasteiger partial charge on any atom is 0.224 e. The van der Waals surface area contributed by atoms with Gasteiger partial charge in [-0.15, -0.1) is 0 Å². The number of benzene rings is 1. The van der Waals surface area contributed by atoms with E-state index in [1.807, 2.05) is 0 Å². The molecule has 0 spiro atoms. The van der Waals surface area contributed by atoms with Crippen molar-refractivity contribution < 1.29 is 9.53 Å². The molecule has 1 rings (SSSR count). The van der Waals surface area contributed by atoms with Gasteiger partial charge >= 0.3 is 0 Å². The van der Waals surface area contributed by atoms with Gasteiger partial charge in [0.25, 0.3) is 0 Å². The first-order valence-electron chi connectivity index (χ1n) is 7.08. The Hall–Kier alpha value is -2.06. The number of nitriles is 1. The Morgan fingerprint density at radius 2 is 2.19 bits per heavy atom. The van der Waals surface area contributed by atoms with Crippen LogP contribution in [0.15, 0.2) is 18.2 Å². The van der Waals surface area contributed by atoms with E-state index in [1.165, 1.54) is 7.11 Å². The van der Waals surface area contributed by atoms with Gasteiger partial charge in [0.15, 0.2) is 0 Å². The van der Waals surface area contributed by atoms with E-state index >= 15 is 0 Å². The number of methoxy groups -OCH3 is 1. The zero-order valence-corrected chi connectivity index (χ0v) is 12.8. The second kappa shape index (κ2) is 8.28. The van der Waals surface area contributed by atoms with E-state index in [2.05, 4.69) is 25.2 Å². The summed E-state index contributed by atoms with van der Waals surface area (Å²) >= 11 is 0. The molecule has 0 heterocycles. The molecule has 0 bridgehead atoms. The molecule has 0 saturated carbocycles. The second-order valence-electron chi connectivity index (χ2n) is 5.48. The van der Waals surface area contributed by atoms with Gasteiger partial charge < -0.3 is 15.8 Å². The summed E-state index contributed by atoms with van der Waals surface area (Å²) in [7, 11) is 1.51. The van der Waals surface area contributed by atoms with Crippen LogP contribution in [-0.2, 0) is 4.79 Å². The molecule has 0 aliphatic rings. The predicted octanol–water partition coefficient (Wildman–Crippen LogP) is 2.52. The van der Waals surface area contributed by atoms with Gasteiger partial charge in [0, 0.05) is 6.42 Å². The predicted molar refractivity (Wildman–Crippen MR) is 83.0 cm³/mol. The Bertz CT molecular complexity index is 521. The summed E-state index contributed by atoms with van der Waals surface area (Å²) in [6.07, 6.45) is 1.25. The fourth-order valence-electron chi connectivity index (χ4n) is 2.31.